The molecule has 0 atom stereocenters. The molecule has 0 aliphatic heterocycles. The minimum absolute atomic E-state index is 1.11. The highest BCUT2D eigenvalue weighted by Crippen LogP contribution is 2.48. The second kappa shape index (κ2) is 13.1. The van der Waals surface area contributed by atoms with Crippen LogP contribution in [0.4, 0.5) is 17.1 Å². The Hall–Kier alpha value is -6.68. The second-order valence-corrected chi connectivity index (χ2v) is 14.4. The van der Waals surface area contributed by atoms with Crippen molar-refractivity contribution < 1.29 is 0 Å². The van der Waals surface area contributed by atoms with Crippen LogP contribution in [0.3, 0.4) is 0 Å². The lowest BCUT2D eigenvalue weighted by molar-refractivity contribution is 1.19. The Kier molecular flexibility index (Phi) is 7.71. The predicted molar refractivity (Wildman–Crippen MR) is 227 cm³/mol. The Morgan fingerprint density at radius 3 is 1.32 bits per heavy atom. The molecule has 0 spiro atoms. The number of hydrogen-bond acceptors (Lipinski definition) is 2. The fourth-order valence-corrected chi connectivity index (χ4v) is 8.97. The SMILES string of the molecule is c1ccc(-c2ccc(-c3ccc(N(c4ccc(-c5ccccc5)cc4)c4cccc5c4sc4c6ccccc6n(-c6ccccc6)c54)cc3)cc2)cc1. The Balaban J connectivity index is 1.12. The lowest BCUT2D eigenvalue weighted by atomic mass is 10.00. The van der Waals surface area contributed by atoms with Crippen molar-refractivity contribution in [2.75, 3.05) is 4.90 Å². The third-order valence-electron chi connectivity index (χ3n) is 10.2. The van der Waals surface area contributed by atoms with Crippen molar-refractivity contribution in [1.29, 1.82) is 0 Å². The van der Waals surface area contributed by atoms with Crippen molar-refractivity contribution in [1.82, 2.24) is 4.57 Å². The lowest BCUT2D eigenvalue weighted by Gasteiger charge is -2.26. The van der Waals surface area contributed by atoms with Gasteiger partial charge in [0.15, 0.2) is 0 Å². The molecule has 2 heterocycles. The summed E-state index contributed by atoms with van der Waals surface area (Å²) in [6.07, 6.45) is 0. The molecule has 2 aromatic heterocycles. The standard InChI is InChI=1S/C50H34N2S/c1-4-13-35(14-5-1)37-23-25-38(26-24-37)40-29-33-43(34-30-40)51(42-31-27-39(28-32-42)36-15-6-2-7-16-36)47-22-12-20-45-48-50(53-49(45)47)44-19-10-11-21-46(44)52(48)41-17-8-3-9-18-41/h1-34H. The van der Waals surface area contributed by atoms with Gasteiger partial charge >= 0.3 is 0 Å². The van der Waals surface area contributed by atoms with E-state index in [-0.39, 0.29) is 0 Å². The van der Waals surface area contributed by atoms with Crippen molar-refractivity contribution in [2.45, 2.75) is 0 Å². The normalized spacial score (nSPS) is 11.4. The third-order valence-corrected chi connectivity index (χ3v) is 11.5. The van der Waals surface area contributed by atoms with Crippen LogP contribution in [-0.2, 0) is 0 Å². The quantitative estimate of drug-likeness (QED) is 0.161. The fraction of sp³-hybridized carbons (Fsp3) is 0. The molecular weight excluding hydrogens is 661 g/mol. The summed E-state index contributed by atoms with van der Waals surface area (Å²) in [6, 6.07) is 74.3. The van der Waals surface area contributed by atoms with E-state index in [0.717, 1.165) is 11.4 Å². The largest absolute Gasteiger partial charge is 0.309 e. The zero-order valence-corrected chi connectivity index (χ0v) is 29.7. The van der Waals surface area contributed by atoms with Gasteiger partial charge < -0.3 is 9.47 Å². The highest BCUT2D eigenvalue weighted by molar-refractivity contribution is 7.27. The summed E-state index contributed by atoms with van der Waals surface area (Å²) in [5.74, 6) is 0. The van der Waals surface area contributed by atoms with Gasteiger partial charge in [0.2, 0.25) is 0 Å². The Bertz CT molecular complexity index is 2840. The number of rotatable bonds is 7. The highest BCUT2D eigenvalue weighted by atomic mass is 32.1. The topological polar surface area (TPSA) is 8.17 Å². The van der Waals surface area contributed by atoms with Gasteiger partial charge in [-0.3, -0.25) is 0 Å². The van der Waals surface area contributed by atoms with Crippen LogP contribution in [0.25, 0.3) is 70.3 Å². The zero-order chi connectivity index (χ0) is 35.1. The number of para-hydroxylation sites is 2. The van der Waals surface area contributed by atoms with Crippen LogP contribution < -0.4 is 4.90 Å². The van der Waals surface area contributed by atoms with Gasteiger partial charge in [-0.2, -0.15) is 0 Å². The molecule has 2 nitrogen and oxygen atoms in total. The first-order valence-electron chi connectivity index (χ1n) is 18.0. The van der Waals surface area contributed by atoms with Crippen molar-refractivity contribution in [3.8, 4) is 39.1 Å². The summed E-state index contributed by atoms with van der Waals surface area (Å²) < 4.78 is 5.01. The average molecular weight is 695 g/mol. The molecule has 53 heavy (non-hydrogen) atoms. The third kappa shape index (κ3) is 5.50. The molecule has 0 unspecified atom stereocenters. The van der Waals surface area contributed by atoms with Gasteiger partial charge in [0, 0.05) is 27.8 Å². The van der Waals surface area contributed by atoms with Crippen LogP contribution >= 0.6 is 11.3 Å². The molecule has 250 valence electrons. The van der Waals surface area contributed by atoms with E-state index in [9.17, 15) is 0 Å². The van der Waals surface area contributed by atoms with Crippen molar-refractivity contribution >= 4 is 59.6 Å². The maximum absolute atomic E-state index is 2.43. The van der Waals surface area contributed by atoms with Gasteiger partial charge in [-0.25, -0.2) is 0 Å². The highest BCUT2D eigenvalue weighted by Gasteiger charge is 2.22. The molecule has 0 saturated heterocycles. The summed E-state index contributed by atoms with van der Waals surface area (Å²) in [4.78, 5) is 2.42. The van der Waals surface area contributed by atoms with E-state index < -0.39 is 0 Å². The second-order valence-electron chi connectivity index (χ2n) is 13.4. The Morgan fingerprint density at radius 2 is 0.774 bits per heavy atom. The number of thiophene rings is 1. The van der Waals surface area contributed by atoms with Gasteiger partial charge in [-0.05, 0) is 81.9 Å². The molecule has 0 amide bonds. The van der Waals surface area contributed by atoms with Crippen molar-refractivity contribution in [3.05, 3.63) is 206 Å². The number of aromatic nitrogens is 1. The van der Waals surface area contributed by atoms with E-state index in [2.05, 4.69) is 216 Å². The van der Waals surface area contributed by atoms with E-state index in [4.69, 9.17) is 0 Å². The molecule has 0 N–H and O–H groups in total. The van der Waals surface area contributed by atoms with Gasteiger partial charge in [0.1, 0.15) is 0 Å². The number of hydrogen-bond donors (Lipinski definition) is 0. The van der Waals surface area contributed by atoms with Crippen molar-refractivity contribution in [2.24, 2.45) is 0 Å². The summed E-state index contributed by atoms with van der Waals surface area (Å²) >= 11 is 1.89. The summed E-state index contributed by atoms with van der Waals surface area (Å²) in [5, 5.41) is 2.53. The van der Waals surface area contributed by atoms with Gasteiger partial charge in [0.25, 0.3) is 0 Å². The molecule has 10 aromatic rings. The number of anilines is 3. The number of fused-ring (bicyclic) bond motifs is 5. The minimum Gasteiger partial charge on any atom is -0.309 e. The van der Waals surface area contributed by atoms with Gasteiger partial charge in [-0.1, -0.05) is 158 Å². The maximum atomic E-state index is 2.43. The minimum atomic E-state index is 1.11. The number of nitrogens with zero attached hydrogens (tertiary/aromatic N) is 2. The Labute approximate surface area is 313 Å². The summed E-state index contributed by atoms with van der Waals surface area (Å²) in [7, 11) is 0. The molecule has 0 fully saturated rings. The summed E-state index contributed by atoms with van der Waals surface area (Å²) in [5.41, 5.74) is 14.3. The smallest absolute Gasteiger partial charge is 0.0728 e. The first kappa shape index (κ1) is 31.1. The molecule has 10 rings (SSSR count). The monoisotopic (exact) mass is 694 g/mol. The molecular formula is C50H34N2S. The van der Waals surface area contributed by atoms with E-state index in [1.54, 1.807) is 0 Å². The molecule has 3 heteroatoms. The van der Waals surface area contributed by atoms with Crippen molar-refractivity contribution in [3.63, 3.8) is 0 Å². The van der Waals surface area contributed by atoms with E-state index in [0.29, 0.717) is 0 Å². The summed E-state index contributed by atoms with van der Waals surface area (Å²) in [6.45, 7) is 0. The van der Waals surface area contributed by atoms with E-state index in [1.165, 1.54) is 76.0 Å². The van der Waals surface area contributed by atoms with E-state index in [1.807, 2.05) is 11.3 Å². The van der Waals surface area contributed by atoms with Crippen LogP contribution in [0.15, 0.2) is 206 Å². The Morgan fingerprint density at radius 1 is 0.340 bits per heavy atom. The van der Waals surface area contributed by atoms with Crippen LogP contribution in [0.2, 0.25) is 0 Å². The first-order valence-corrected chi connectivity index (χ1v) is 18.8. The lowest BCUT2D eigenvalue weighted by Crippen LogP contribution is -2.10. The average Bonchev–Trinajstić information content (AvgIpc) is 3.78. The molecule has 0 aliphatic rings. The molecule has 0 saturated carbocycles. The first-order chi connectivity index (χ1) is 26.3. The maximum Gasteiger partial charge on any atom is 0.0728 e. The predicted octanol–water partition coefficient (Wildman–Crippen LogP) is 14.5. The zero-order valence-electron chi connectivity index (χ0n) is 28.9. The number of benzene rings is 8. The molecule has 8 aromatic carbocycles. The fourth-order valence-electron chi connectivity index (χ4n) is 7.65. The van der Waals surface area contributed by atoms with E-state index >= 15 is 0 Å². The van der Waals surface area contributed by atoms with Gasteiger partial charge in [0.05, 0.1) is 26.1 Å². The van der Waals surface area contributed by atoms with Crippen LogP contribution in [0, 0.1) is 0 Å². The van der Waals surface area contributed by atoms with Crippen LogP contribution in [-0.4, -0.2) is 4.57 Å². The molecule has 0 bridgehead atoms. The van der Waals surface area contributed by atoms with Crippen LogP contribution in [0.5, 0.6) is 0 Å². The molecule has 0 radical (unpaired) electrons. The van der Waals surface area contributed by atoms with Crippen LogP contribution in [0.1, 0.15) is 0 Å². The molecule has 0 aliphatic carbocycles. The van der Waals surface area contributed by atoms with Gasteiger partial charge in [-0.15, -0.1) is 11.3 Å².